The van der Waals surface area contributed by atoms with Crippen molar-refractivity contribution in [3.05, 3.63) is 92.0 Å². The Morgan fingerprint density at radius 1 is 1.02 bits per heavy atom. The van der Waals surface area contributed by atoms with E-state index < -0.39 is 18.8 Å². The van der Waals surface area contributed by atoms with E-state index in [2.05, 4.69) is 4.98 Å². The van der Waals surface area contributed by atoms with Crippen molar-refractivity contribution in [2.24, 2.45) is 17.3 Å². The van der Waals surface area contributed by atoms with E-state index in [1.807, 2.05) is 50.2 Å². The summed E-state index contributed by atoms with van der Waals surface area (Å²) >= 11 is 34.1. The van der Waals surface area contributed by atoms with Crippen LogP contribution < -0.4 is 9.26 Å². The molecule has 1 aliphatic rings. The smallest absolute Gasteiger partial charge is 0.381 e. The van der Waals surface area contributed by atoms with Gasteiger partial charge in [-0.15, -0.1) is 0 Å². The van der Waals surface area contributed by atoms with Crippen molar-refractivity contribution in [1.29, 1.82) is 5.26 Å². The van der Waals surface area contributed by atoms with Crippen LogP contribution in [-0.2, 0) is 30.4 Å². The van der Waals surface area contributed by atoms with E-state index in [9.17, 15) is 10.1 Å². The Bertz CT molecular complexity index is 1630. The van der Waals surface area contributed by atoms with E-state index in [1.165, 1.54) is 6.07 Å². The minimum absolute atomic E-state index is 0.0521. The molecule has 1 aliphatic carbocycles. The third-order valence-corrected chi connectivity index (χ3v) is 10.2. The molecule has 1 unspecified atom stereocenters. The van der Waals surface area contributed by atoms with Crippen LogP contribution in [0.1, 0.15) is 39.4 Å². The summed E-state index contributed by atoms with van der Waals surface area (Å²) in [4.78, 5) is 16.5. The molecule has 15 heteroatoms. The Kier molecular flexibility index (Phi) is 14.5. The van der Waals surface area contributed by atoms with E-state index >= 15 is 0 Å². The molecule has 1 aromatic heterocycles. The van der Waals surface area contributed by atoms with Crippen molar-refractivity contribution >= 4 is 82.5 Å². The van der Waals surface area contributed by atoms with Gasteiger partial charge in [-0.3, -0.25) is 13.8 Å². The maximum atomic E-state index is 12.6. The molecule has 246 valence electrons. The first-order valence-electron chi connectivity index (χ1n) is 13.8. The lowest BCUT2D eigenvalue weighted by atomic mass is 10.1. The Morgan fingerprint density at radius 2 is 1.65 bits per heavy atom. The molecule has 3 atom stereocenters. The number of pyridine rings is 1. The fourth-order valence-electron chi connectivity index (χ4n) is 4.30. The fraction of sp³-hybridized carbons (Fsp3) is 0.323. The summed E-state index contributed by atoms with van der Waals surface area (Å²) in [6.45, 7) is 5.24. The van der Waals surface area contributed by atoms with Gasteiger partial charge in [0.2, 0.25) is 12.0 Å². The molecule has 8 nitrogen and oxygen atoms in total. The number of esters is 1. The van der Waals surface area contributed by atoms with Crippen LogP contribution in [0.4, 0.5) is 0 Å². The Balaban J connectivity index is 0.000000277. The summed E-state index contributed by atoms with van der Waals surface area (Å²) < 4.78 is 27.5. The zero-order valence-electron chi connectivity index (χ0n) is 25.1. The van der Waals surface area contributed by atoms with Crippen LogP contribution in [0.2, 0.25) is 15.2 Å². The highest BCUT2D eigenvalue weighted by atomic mass is 35.5. The first-order valence-corrected chi connectivity index (χ1v) is 18.2. The van der Waals surface area contributed by atoms with Gasteiger partial charge in [0.25, 0.3) is 0 Å². The molecule has 0 aliphatic heterocycles. The first kappa shape index (κ1) is 38.4. The van der Waals surface area contributed by atoms with Gasteiger partial charge in [-0.2, -0.15) is 10.2 Å². The van der Waals surface area contributed by atoms with Crippen molar-refractivity contribution in [2.75, 3.05) is 13.2 Å². The molecule has 4 rings (SSSR count). The van der Waals surface area contributed by atoms with E-state index in [0.29, 0.717) is 30.3 Å². The van der Waals surface area contributed by atoms with Crippen LogP contribution in [-0.4, -0.2) is 24.2 Å². The molecule has 0 N–H and O–H groups in total. The number of para-hydroxylation sites is 1. The summed E-state index contributed by atoms with van der Waals surface area (Å²) in [6.07, 6.45) is 0.615. The van der Waals surface area contributed by atoms with Crippen molar-refractivity contribution in [3.63, 3.8) is 0 Å². The normalized spacial score (nSPS) is 17.0. The maximum absolute atomic E-state index is 12.6. The SMILES string of the molecule is CC1(C)[C@H](C=C(Cl)Cl)[C@H]1C(=O)OC(C#N)c1cccc(Oc2ccccc2)c1.CCOP(=S)(OCC)Oc1nc(Cl)c(Cl)cc1Cl. The highest BCUT2D eigenvalue weighted by Gasteiger charge is 2.62. The molecule has 3 aromatic rings. The van der Waals surface area contributed by atoms with Gasteiger partial charge in [0.1, 0.15) is 27.1 Å². The molecule has 0 amide bonds. The monoisotopic (exact) mass is 764 g/mol. The lowest BCUT2D eigenvalue weighted by Gasteiger charge is -2.20. The van der Waals surface area contributed by atoms with Crippen molar-refractivity contribution in [1.82, 2.24) is 4.98 Å². The lowest BCUT2D eigenvalue weighted by Crippen LogP contribution is -2.14. The molecule has 0 radical (unpaired) electrons. The minimum Gasteiger partial charge on any atom is -0.457 e. The zero-order chi connectivity index (χ0) is 34.1. The number of benzene rings is 2. The average molecular weight is 767 g/mol. The van der Waals surface area contributed by atoms with Crippen molar-refractivity contribution in [3.8, 4) is 23.4 Å². The number of aromatic nitrogens is 1. The molecule has 1 saturated carbocycles. The topological polar surface area (TPSA) is 99.9 Å². The standard InChI is InChI=1S/C22H19Cl2NO3.C9H11Cl3NO3PS/c1-22(2)17(12-19(23)24)20(22)21(26)28-18(13-25)14-7-6-10-16(11-14)27-15-8-4-3-5-9-15;1-3-14-17(18,15-4-2)16-9-7(11)5-6(10)8(12)13-9/h3-12,17-18,20H,1-2H3;5H,3-4H2,1-2H3/t17-,18?,20+;/m1./s1. The molecular formula is C31H30Cl5N2O6PS. The highest BCUT2D eigenvalue weighted by molar-refractivity contribution is 8.07. The summed E-state index contributed by atoms with van der Waals surface area (Å²) in [7, 11) is 0. The number of hydrogen-bond acceptors (Lipinski definition) is 9. The number of allylic oxidation sites excluding steroid dienone is 1. The molecule has 2 aromatic carbocycles. The van der Waals surface area contributed by atoms with Crippen LogP contribution in [0.3, 0.4) is 0 Å². The number of hydrogen-bond donors (Lipinski definition) is 0. The number of halogens is 5. The molecular weight excluding hydrogens is 737 g/mol. The van der Waals surface area contributed by atoms with E-state index in [0.717, 1.165) is 0 Å². The summed E-state index contributed by atoms with van der Waals surface area (Å²) in [5, 5.41) is 10.0. The maximum Gasteiger partial charge on any atom is 0.381 e. The van der Waals surface area contributed by atoms with Crippen molar-refractivity contribution < 1.29 is 27.8 Å². The second-order valence-corrected chi connectivity index (χ2v) is 15.3. The largest absolute Gasteiger partial charge is 0.457 e. The summed E-state index contributed by atoms with van der Waals surface area (Å²) in [5.41, 5.74) is 0.231. The quantitative estimate of drug-likeness (QED) is 0.101. The second-order valence-electron chi connectivity index (χ2n) is 10.1. The molecule has 0 saturated heterocycles. The van der Waals surface area contributed by atoms with Gasteiger partial charge in [-0.05, 0) is 61.6 Å². The Morgan fingerprint density at radius 3 is 2.24 bits per heavy atom. The minimum atomic E-state index is -2.92. The van der Waals surface area contributed by atoms with Crippen LogP contribution >= 0.6 is 64.7 Å². The number of ether oxygens (including phenoxy) is 2. The average Bonchev–Trinajstić information content (AvgIpc) is 3.54. The van der Waals surface area contributed by atoms with Crippen LogP contribution in [0.25, 0.3) is 0 Å². The van der Waals surface area contributed by atoms with Gasteiger partial charge in [0, 0.05) is 17.4 Å². The predicted octanol–water partition coefficient (Wildman–Crippen LogP) is 10.9. The fourth-order valence-corrected chi connectivity index (χ4v) is 7.16. The molecule has 0 spiro atoms. The Hall–Kier alpha value is -2.09. The van der Waals surface area contributed by atoms with Crippen LogP contribution in [0.5, 0.6) is 17.4 Å². The van der Waals surface area contributed by atoms with E-state index in [-0.39, 0.29) is 42.8 Å². The lowest BCUT2D eigenvalue weighted by molar-refractivity contribution is -0.149. The highest BCUT2D eigenvalue weighted by Crippen LogP contribution is 2.60. The zero-order valence-corrected chi connectivity index (χ0v) is 30.6. The van der Waals surface area contributed by atoms with Gasteiger partial charge in [-0.25, -0.2) is 0 Å². The molecule has 1 fully saturated rings. The number of carbonyl (C=O) groups is 1. The summed E-state index contributed by atoms with van der Waals surface area (Å²) in [6, 6.07) is 19.7. The van der Waals surface area contributed by atoms with Gasteiger partial charge < -0.3 is 14.0 Å². The van der Waals surface area contributed by atoms with E-state index in [1.54, 1.807) is 44.2 Å². The van der Waals surface area contributed by atoms with Crippen LogP contribution in [0.15, 0.2) is 71.2 Å². The van der Waals surface area contributed by atoms with Gasteiger partial charge in [-0.1, -0.05) is 102 Å². The number of nitrogens with zero attached hydrogens (tertiary/aromatic N) is 2. The predicted molar refractivity (Wildman–Crippen MR) is 185 cm³/mol. The Labute approximate surface area is 298 Å². The third-order valence-electron chi connectivity index (χ3n) is 6.59. The third kappa shape index (κ3) is 10.7. The summed E-state index contributed by atoms with van der Waals surface area (Å²) in [5.74, 6) is 0.341. The number of carbonyl (C=O) groups excluding carboxylic acids is 1. The van der Waals surface area contributed by atoms with Crippen LogP contribution in [0, 0.1) is 28.6 Å². The molecule has 46 heavy (non-hydrogen) atoms. The van der Waals surface area contributed by atoms with Gasteiger partial charge >= 0.3 is 12.7 Å². The van der Waals surface area contributed by atoms with E-state index in [4.69, 9.17) is 92.9 Å². The van der Waals surface area contributed by atoms with Gasteiger partial charge in [0.05, 0.1) is 24.2 Å². The van der Waals surface area contributed by atoms with Gasteiger partial charge in [0.15, 0.2) is 5.15 Å². The molecule has 0 bridgehead atoms. The number of nitriles is 1. The molecule has 1 heterocycles. The second kappa shape index (κ2) is 17.3. The first-order chi connectivity index (χ1) is 21.7. The van der Waals surface area contributed by atoms with Crippen molar-refractivity contribution in [2.45, 2.75) is 33.8 Å². The number of rotatable bonds is 12.